The van der Waals surface area contributed by atoms with Gasteiger partial charge in [0.15, 0.2) is 0 Å². The van der Waals surface area contributed by atoms with E-state index in [1.807, 2.05) is 17.0 Å². The average molecular weight is 722 g/mol. The lowest BCUT2D eigenvalue weighted by Gasteiger charge is -2.40. The molecule has 5 aliphatic rings. The van der Waals surface area contributed by atoms with E-state index >= 15 is 4.39 Å². The van der Waals surface area contributed by atoms with Crippen LogP contribution >= 0.6 is 0 Å². The number of hydrogen-bond acceptors (Lipinski definition) is 5. The summed E-state index contributed by atoms with van der Waals surface area (Å²) in [7, 11) is 0. The number of nitrogens with zero attached hydrogens (tertiary/aromatic N) is 4. The van der Waals surface area contributed by atoms with Gasteiger partial charge in [0.25, 0.3) is 5.91 Å². The summed E-state index contributed by atoms with van der Waals surface area (Å²) in [5.41, 5.74) is 10.9. The molecule has 0 saturated carbocycles. The number of amides is 1. The monoisotopic (exact) mass is 721 g/mol. The first-order valence-electron chi connectivity index (χ1n) is 20.1. The summed E-state index contributed by atoms with van der Waals surface area (Å²) >= 11 is 0. The number of carbonyl (C=O) groups is 1. The molecule has 9 rings (SSSR count). The molecule has 0 radical (unpaired) electrons. The summed E-state index contributed by atoms with van der Waals surface area (Å²) in [6.07, 6.45) is 6.02. The fourth-order valence-corrected chi connectivity index (χ4v) is 10.1. The lowest BCUT2D eigenvalue weighted by molar-refractivity contribution is 0.0711. The molecule has 4 aliphatic heterocycles. The van der Waals surface area contributed by atoms with Gasteiger partial charge >= 0.3 is 0 Å². The highest BCUT2D eigenvalue weighted by atomic mass is 19.1. The molecule has 0 spiro atoms. The number of halogens is 1. The van der Waals surface area contributed by atoms with Crippen LogP contribution in [0.25, 0.3) is 0 Å². The van der Waals surface area contributed by atoms with Gasteiger partial charge < -0.3 is 20.0 Å². The number of nitrogens with one attached hydrogen (secondary N) is 1. The zero-order valence-electron chi connectivity index (χ0n) is 31.4. The molecule has 3 unspecified atom stereocenters. The van der Waals surface area contributed by atoms with Crippen LogP contribution in [0.2, 0.25) is 0 Å². The fourth-order valence-electron chi connectivity index (χ4n) is 10.1. The number of aryl methyl sites for hydroxylation is 1. The van der Waals surface area contributed by atoms with Crippen LogP contribution in [0.3, 0.4) is 0 Å². The molecular weight excluding hydrogens is 670 g/mol. The largest absolute Gasteiger partial charge is 0.369 e. The molecule has 3 saturated heterocycles. The van der Waals surface area contributed by atoms with Gasteiger partial charge in [-0.3, -0.25) is 9.69 Å². The van der Waals surface area contributed by atoms with Crippen LogP contribution in [0.5, 0.6) is 0 Å². The SMILES string of the molecule is C=C1CCC(N2Cc3cc(N4CCN(CC5CCN(c6ccc(C7c8ccccc8CCC7c7ccccc7)cc6F)CC5)CC4)ccc3C2=O)C(=C)N1. The zero-order valence-corrected chi connectivity index (χ0v) is 31.4. The van der Waals surface area contributed by atoms with Gasteiger partial charge in [0.2, 0.25) is 0 Å². The van der Waals surface area contributed by atoms with Crippen molar-refractivity contribution in [2.45, 2.75) is 62.9 Å². The Hall–Kier alpha value is -4.88. The molecule has 0 aromatic heterocycles. The van der Waals surface area contributed by atoms with Gasteiger partial charge in [0.05, 0.1) is 11.7 Å². The second-order valence-electron chi connectivity index (χ2n) is 16.2. The van der Waals surface area contributed by atoms with Crippen LogP contribution in [-0.2, 0) is 13.0 Å². The molecule has 278 valence electrons. The summed E-state index contributed by atoms with van der Waals surface area (Å²) in [4.78, 5) is 22.7. The van der Waals surface area contributed by atoms with Crippen LogP contribution in [-0.4, -0.2) is 67.6 Å². The third-order valence-electron chi connectivity index (χ3n) is 13.0. The van der Waals surface area contributed by atoms with Crippen molar-refractivity contribution in [2.75, 3.05) is 55.6 Å². The number of fused-ring (bicyclic) bond motifs is 2. The predicted octanol–water partition coefficient (Wildman–Crippen LogP) is 8.46. The predicted molar refractivity (Wildman–Crippen MR) is 217 cm³/mol. The summed E-state index contributed by atoms with van der Waals surface area (Å²) in [5.74, 6) is 1.12. The van der Waals surface area contributed by atoms with Crippen molar-refractivity contribution in [3.05, 3.63) is 155 Å². The molecule has 3 atom stereocenters. The van der Waals surface area contributed by atoms with Crippen LogP contribution in [0.1, 0.15) is 82.1 Å². The third kappa shape index (κ3) is 6.72. The fraction of sp³-hybridized carbons (Fsp3) is 0.383. The third-order valence-corrected chi connectivity index (χ3v) is 13.0. The number of piperazine rings is 1. The van der Waals surface area contributed by atoms with Crippen molar-refractivity contribution in [3.63, 3.8) is 0 Å². The van der Waals surface area contributed by atoms with E-state index in [9.17, 15) is 4.79 Å². The minimum absolute atomic E-state index is 0.00660. The van der Waals surface area contributed by atoms with Crippen molar-refractivity contribution in [1.82, 2.24) is 15.1 Å². The number of benzene rings is 4. The first kappa shape index (κ1) is 34.9. The summed E-state index contributed by atoms with van der Waals surface area (Å²) in [6, 6.07) is 32.0. The molecule has 6 nitrogen and oxygen atoms in total. The molecule has 1 N–H and O–H groups in total. The number of carbonyl (C=O) groups excluding carboxylic acids is 1. The van der Waals surface area contributed by atoms with E-state index in [4.69, 9.17) is 0 Å². The van der Waals surface area contributed by atoms with Crippen LogP contribution in [0.4, 0.5) is 15.8 Å². The lowest BCUT2D eigenvalue weighted by Crippen LogP contribution is -2.49. The van der Waals surface area contributed by atoms with Gasteiger partial charge in [-0.15, -0.1) is 0 Å². The summed E-state index contributed by atoms with van der Waals surface area (Å²) in [5, 5.41) is 3.27. The minimum Gasteiger partial charge on any atom is -0.369 e. The van der Waals surface area contributed by atoms with Crippen molar-refractivity contribution in [3.8, 4) is 0 Å². The summed E-state index contributed by atoms with van der Waals surface area (Å²) < 4.78 is 16.1. The van der Waals surface area contributed by atoms with E-state index in [2.05, 4.69) is 112 Å². The minimum atomic E-state index is -0.0942. The van der Waals surface area contributed by atoms with Gasteiger partial charge in [-0.1, -0.05) is 73.8 Å². The molecule has 1 amide bonds. The Kier molecular flexibility index (Phi) is 9.52. The maximum Gasteiger partial charge on any atom is 0.255 e. The van der Waals surface area contributed by atoms with Gasteiger partial charge in [0, 0.05) is 80.9 Å². The van der Waals surface area contributed by atoms with Crippen molar-refractivity contribution in [1.29, 1.82) is 0 Å². The zero-order chi connectivity index (χ0) is 36.8. The molecule has 0 bridgehead atoms. The Morgan fingerprint density at radius 2 is 1.50 bits per heavy atom. The van der Waals surface area contributed by atoms with Gasteiger partial charge in [0.1, 0.15) is 5.82 Å². The Labute approximate surface area is 320 Å². The average Bonchev–Trinajstić information content (AvgIpc) is 3.53. The maximum atomic E-state index is 16.1. The molecule has 1 aliphatic carbocycles. The van der Waals surface area contributed by atoms with E-state index in [1.54, 1.807) is 0 Å². The molecule has 4 heterocycles. The Morgan fingerprint density at radius 3 is 2.28 bits per heavy atom. The van der Waals surface area contributed by atoms with E-state index in [0.29, 0.717) is 18.4 Å². The van der Waals surface area contributed by atoms with E-state index in [1.165, 1.54) is 22.4 Å². The highest BCUT2D eigenvalue weighted by Gasteiger charge is 2.37. The number of rotatable bonds is 7. The highest BCUT2D eigenvalue weighted by molar-refractivity contribution is 5.99. The number of hydrogen-bond donors (Lipinski definition) is 1. The van der Waals surface area contributed by atoms with Crippen molar-refractivity contribution in [2.24, 2.45) is 5.92 Å². The first-order chi connectivity index (χ1) is 26.4. The van der Waals surface area contributed by atoms with Gasteiger partial charge in [-0.2, -0.15) is 0 Å². The molecule has 3 fully saturated rings. The van der Waals surface area contributed by atoms with E-state index < -0.39 is 0 Å². The van der Waals surface area contributed by atoms with E-state index in [0.717, 1.165) is 118 Å². The number of allylic oxidation sites excluding steroid dienone is 1. The topological polar surface area (TPSA) is 42.1 Å². The molecular formula is C47H52FN5O. The van der Waals surface area contributed by atoms with Crippen LogP contribution in [0.15, 0.2) is 116 Å². The number of anilines is 2. The highest BCUT2D eigenvalue weighted by Crippen LogP contribution is 2.47. The Morgan fingerprint density at radius 1 is 0.722 bits per heavy atom. The smallest absolute Gasteiger partial charge is 0.255 e. The van der Waals surface area contributed by atoms with Crippen molar-refractivity contribution >= 4 is 17.3 Å². The quantitative estimate of drug-likeness (QED) is 0.208. The Balaban J connectivity index is 0.790. The normalized spacial score (nSPS) is 23.7. The van der Waals surface area contributed by atoms with Crippen LogP contribution in [0, 0.1) is 11.7 Å². The molecule has 54 heavy (non-hydrogen) atoms. The van der Waals surface area contributed by atoms with E-state index in [-0.39, 0.29) is 23.7 Å². The lowest BCUT2D eigenvalue weighted by atomic mass is 9.69. The van der Waals surface area contributed by atoms with Gasteiger partial charge in [-0.25, -0.2) is 4.39 Å². The Bertz CT molecular complexity index is 2050. The first-order valence-corrected chi connectivity index (χ1v) is 20.1. The summed E-state index contributed by atoms with van der Waals surface area (Å²) in [6.45, 7) is 15.8. The molecule has 4 aromatic rings. The second-order valence-corrected chi connectivity index (χ2v) is 16.2. The molecule has 7 heteroatoms. The number of piperidine rings is 2. The van der Waals surface area contributed by atoms with Crippen LogP contribution < -0.4 is 15.1 Å². The maximum absolute atomic E-state index is 16.1. The van der Waals surface area contributed by atoms with Crippen molar-refractivity contribution < 1.29 is 9.18 Å². The second kappa shape index (κ2) is 14.7. The standard InChI is InChI=1S/C47H52FN5O/c1-32-12-18-44(33(2)49-32)53-31-38-28-39(15-17-42(38)47(53)54)51-26-24-50(25-27-51)30-34-20-22-52(23-21-34)45-19-14-37(29-43(45)48)46-40-11-7-6-10-36(40)13-16-41(46)35-8-4-3-5-9-35/h3-11,14-15,17,19,28-29,34,41,44,46,49H,1-2,12-13,16,18,20-27,30-31H2. The molecule has 4 aromatic carbocycles. The van der Waals surface area contributed by atoms with Gasteiger partial charge in [-0.05, 0) is 109 Å².